The summed E-state index contributed by atoms with van der Waals surface area (Å²) in [5.41, 5.74) is -1.85. The number of carbonyl (C=O) groups excluding carboxylic acids is 3. The fourth-order valence-corrected chi connectivity index (χ4v) is 3.65. The van der Waals surface area contributed by atoms with Gasteiger partial charge < -0.3 is 24.8 Å². The number of alkyl carbamates (subject to hydrolysis) is 1. The summed E-state index contributed by atoms with van der Waals surface area (Å²) in [6, 6.07) is 4.70. The van der Waals surface area contributed by atoms with Gasteiger partial charge in [-0.3, -0.25) is 0 Å². The number of benzene rings is 1. The van der Waals surface area contributed by atoms with Crippen molar-refractivity contribution in [2.24, 2.45) is 0 Å². The average Bonchev–Trinajstić information content (AvgIpc) is 2.73. The van der Waals surface area contributed by atoms with Crippen LogP contribution in [0.4, 0.5) is 18.0 Å². The van der Waals surface area contributed by atoms with Gasteiger partial charge in [-0.15, -0.1) is 0 Å². The van der Waals surface area contributed by atoms with Gasteiger partial charge in [0.15, 0.2) is 0 Å². The third kappa shape index (κ3) is 7.00. The summed E-state index contributed by atoms with van der Waals surface area (Å²) < 4.78 is 56.7. The molecule has 1 aromatic rings. The van der Waals surface area contributed by atoms with E-state index >= 15 is 0 Å². The highest BCUT2D eigenvalue weighted by atomic mass is 19.4. The van der Waals surface area contributed by atoms with Crippen LogP contribution in [0.15, 0.2) is 46.8 Å². The maximum atomic E-state index is 13.8. The van der Waals surface area contributed by atoms with Gasteiger partial charge in [-0.1, -0.05) is 18.2 Å². The molecule has 1 amide bonds. The molecule has 192 valence electrons. The molecule has 0 radical (unpaired) electrons. The molecule has 0 saturated carbocycles. The van der Waals surface area contributed by atoms with Crippen LogP contribution in [0, 0.1) is 0 Å². The number of hydrogen-bond acceptors (Lipinski definition) is 7. The molecule has 11 heteroatoms. The van der Waals surface area contributed by atoms with E-state index in [4.69, 9.17) is 14.2 Å². The lowest BCUT2D eigenvalue weighted by atomic mass is 9.78. The second kappa shape index (κ2) is 10.8. The predicted molar refractivity (Wildman–Crippen MR) is 120 cm³/mol. The quantitative estimate of drug-likeness (QED) is 0.345. The van der Waals surface area contributed by atoms with Crippen LogP contribution in [-0.2, 0) is 30.0 Å². The Morgan fingerprint density at radius 2 is 1.57 bits per heavy atom. The van der Waals surface area contributed by atoms with Crippen molar-refractivity contribution in [2.75, 3.05) is 20.3 Å². The minimum Gasteiger partial charge on any atom is -0.466 e. The van der Waals surface area contributed by atoms with Gasteiger partial charge in [0.1, 0.15) is 12.2 Å². The zero-order valence-electron chi connectivity index (χ0n) is 20.4. The Hall–Kier alpha value is -3.50. The third-order valence-electron chi connectivity index (χ3n) is 4.97. The van der Waals surface area contributed by atoms with Gasteiger partial charge in [0.2, 0.25) is 0 Å². The van der Waals surface area contributed by atoms with Crippen molar-refractivity contribution in [3.8, 4) is 0 Å². The number of carbonyl (C=O) groups is 3. The Kier molecular flexibility index (Phi) is 8.59. The highest BCUT2D eigenvalue weighted by Gasteiger charge is 2.43. The third-order valence-corrected chi connectivity index (χ3v) is 4.97. The van der Waals surface area contributed by atoms with E-state index in [1.807, 2.05) is 0 Å². The zero-order valence-corrected chi connectivity index (χ0v) is 20.4. The maximum Gasteiger partial charge on any atom is 0.416 e. The molecule has 35 heavy (non-hydrogen) atoms. The smallest absolute Gasteiger partial charge is 0.416 e. The van der Waals surface area contributed by atoms with Gasteiger partial charge >= 0.3 is 24.2 Å². The lowest BCUT2D eigenvalue weighted by Gasteiger charge is -2.31. The number of alkyl halides is 3. The van der Waals surface area contributed by atoms with Crippen LogP contribution in [0.5, 0.6) is 0 Å². The Labute approximate surface area is 201 Å². The molecule has 0 aromatic heterocycles. The van der Waals surface area contributed by atoms with Crippen LogP contribution >= 0.6 is 0 Å². The highest BCUT2D eigenvalue weighted by molar-refractivity contribution is 6.00. The monoisotopic (exact) mass is 498 g/mol. The van der Waals surface area contributed by atoms with E-state index in [0.717, 1.165) is 13.2 Å². The standard InChI is InChI=1S/C24H29F3N2O6/c1-13-17(20(30)33-6)19(15-9-7-8-10-16(15)24(25,26)27)18(14(2)29-13)21(31)34-12-11-28-22(32)35-23(3,4)5/h7-10,19,29H,11-12H2,1-6H3,(H,28,32). The van der Waals surface area contributed by atoms with Crippen molar-refractivity contribution in [3.63, 3.8) is 0 Å². The van der Waals surface area contributed by atoms with Crippen LogP contribution < -0.4 is 10.6 Å². The summed E-state index contributed by atoms with van der Waals surface area (Å²) in [6.45, 7) is 7.69. The fraction of sp³-hybridized carbons (Fsp3) is 0.458. The van der Waals surface area contributed by atoms with Gasteiger partial charge in [-0.2, -0.15) is 13.2 Å². The molecule has 1 heterocycles. The first-order valence-electron chi connectivity index (χ1n) is 10.7. The number of hydrogen-bond donors (Lipinski definition) is 2. The summed E-state index contributed by atoms with van der Waals surface area (Å²) in [4.78, 5) is 37.4. The number of esters is 2. The number of halogens is 3. The SMILES string of the molecule is COC(=O)C1=C(C)NC(C)=C(C(=O)OCCNC(=O)OC(C)(C)C)C1c1ccccc1C(F)(F)F. The number of allylic oxidation sites excluding steroid dienone is 2. The first-order chi connectivity index (χ1) is 16.2. The fourth-order valence-electron chi connectivity index (χ4n) is 3.65. The molecule has 1 aliphatic rings. The van der Waals surface area contributed by atoms with Crippen molar-refractivity contribution in [3.05, 3.63) is 57.9 Å². The number of ether oxygens (including phenoxy) is 3. The van der Waals surface area contributed by atoms with E-state index in [1.54, 1.807) is 20.8 Å². The summed E-state index contributed by atoms with van der Waals surface area (Å²) in [5.74, 6) is -3.23. The molecule has 1 aromatic carbocycles. The molecule has 0 bridgehead atoms. The van der Waals surface area contributed by atoms with Crippen LogP contribution in [0.3, 0.4) is 0 Å². The van der Waals surface area contributed by atoms with Gasteiger partial charge in [0, 0.05) is 11.4 Å². The number of nitrogens with one attached hydrogen (secondary N) is 2. The van der Waals surface area contributed by atoms with Crippen molar-refractivity contribution in [1.82, 2.24) is 10.6 Å². The average molecular weight is 498 g/mol. The van der Waals surface area contributed by atoms with E-state index < -0.39 is 41.3 Å². The molecule has 1 aliphatic heterocycles. The summed E-state index contributed by atoms with van der Waals surface area (Å²) in [6.07, 6.45) is -5.46. The normalized spacial score (nSPS) is 16.4. The molecule has 0 spiro atoms. The maximum absolute atomic E-state index is 13.8. The van der Waals surface area contributed by atoms with E-state index in [9.17, 15) is 27.6 Å². The number of methoxy groups -OCH3 is 1. The molecular weight excluding hydrogens is 469 g/mol. The van der Waals surface area contributed by atoms with Crippen LogP contribution in [0.25, 0.3) is 0 Å². The van der Waals surface area contributed by atoms with Gasteiger partial charge in [0.05, 0.1) is 36.3 Å². The molecule has 0 fully saturated rings. The Morgan fingerprint density at radius 3 is 2.11 bits per heavy atom. The van der Waals surface area contributed by atoms with Crippen molar-refractivity contribution >= 4 is 18.0 Å². The van der Waals surface area contributed by atoms with Gasteiger partial charge in [0.25, 0.3) is 0 Å². The Morgan fingerprint density at radius 1 is 1.00 bits per heavy atom. The van der Waals surface area contributed by atoms with Crippen molar-refractivity contribution in [1.29, 1.82) is 0 Å². The molecule has 1 unspecified atom stereocenters. The van der Waals surface area contributed by atoms with Crippen molar-refractivity contribution < 1.29 is 41.8 Å². The summed E-state index contributed by atoms with van der Waals surface area (Å²) in [7, 11) is 1.10. The topological polar surface area (TPSA) is 103 Å². The van der Waals surface area contributed by atoms with E-state index in [-0.39, 0.29) is 41.3 Å². The summed E-state index contributed by atoms with van der Waals surface area (Å²) >= 11 is 0. The summed E-state index contributed by atoms with van der Waals surface area (Å²) in [5, 5.41) is 5.28. The lowest BCUT2D eigenvalue weighted by Crippen LogP contribution is -2.36. The number of amides is 1. The number of rotatable bonds is 6. The Bertz CT molecular complexity index is 1050. The first kappa shape index (κ1) is 27.7. The minimum atomic E-state index is -4.74. The molecule has 8 nitrogen and oxygen atoms in total. The van der Waals surface area contributed by atoms with Gasteiger partial charge in [-0.05, 0) is 46.2 Å². The molecule has 0 aliphatic carbocycles. The van der Waals surface area contributed by atoms with Crippen LogP contribution in [0.1, 0.15) is 51.7 Å². The zero-order chi connectivity index (χ0) is 26.6. The lowest BCUT2D eigenvalue weighted by molar-refractivity contribution is -0.141. The predicted octanol–water partition coefficient (Wildman–Crippen LogP) is 4.18. The molecular formula is C24H29F3N2O6. The molecule has 1 atom stereocenters. The van der Waals surface area contributed by atoms with Gasteiger partial charge in [-0.25, -0.2) is 14.4 Å². The Balaban J connectivity index is 2.39. The first-order valence-corrected chi connectivity index (χ1v) is 10.7. The molecule has 2 rings (SSSR count). The van der Waals surface area contributed by atoms with E-state index in [0.29, 0.717) is 0 Å². The van der Waals surface area contributed by atoms with E-state index in [2.05, 4.69) is 10.6 Å². The van der Waals surface area contributed by atoms with Crippen molar-refractivity contribution in [2.45, 2.75) is 52.3 Å². The van der Waals surface area contributed by atoms with Crippen LogP contribution in [0.2, 0.25) is 0 Å². The second-order valence-electron chi connectivity index (χ2n) is 8.78. The highest BCUT2D eigenvalue weighted by Crippen LogP contribution is 2.44. The van der Waals surface area contributed by atoms with Crippen LogP contribution in [-0.4, -0.2) is 43.9 Å². The number of dihydropyridines is 1. The largest absolute Gasteiger partial charge is 0.466 e. The molecule has 2 N–H and O–H groups in total. The second-order valence-corrected chi connectivity index (χ2v) is 8.78. The molecule has 0 saturated heterocycles. The minimum absolute atomic E-state index is 0.0943. The van der Waals surface area contributed by atoms with E-state index in [1.165, 1.54) is 32.0 Å².